The van der Waals surface area contributed by atoms with Gasteiger partial charge in [0, 0.05) is 11.1 Å². The van der Waals surface area contributed by atoms with Crippen LogP contribution in [0.1, 0.15) is 53.3 Å². The SMILES string of the molecule is [B][Si]1(F)N(C(C)(C)C)C(c2ccccc2)N1C(C)(C)C. The monoisotopic (exact) mass is 290 g/mol. The van der Waals surface area contributed by atoms with Gasteiger partial charge in [-0.2, -0.15) is 0 Å². The molecule has 0 unspecified atom stereocenters. The third kappa shape index (κ3) is 2.47. The van der Waals surface area contributed by atoms with Crippen molar-refractivity contribution in [1.82, 2.24) is 9.13 Å². The predicted molar refractivity (Wildman–Crippen MR) is 85.0 cm³/mol. The zero-order chi connectivity index (χ0) is 15.3. The highest BCUT2D eigenvalue weighted by atomic mass is 28.4. The maximum absolute atomic E-state index is 15.2. The predicted octanol–water partition coefficient (Wildman–Crippen LogP) is 3.47. The fourth-order valence-corrected chi connectivity index (χ4v) is 6.28. The number of nitrogens with zero attached hydrogens (tertiary/aromatic N) is 2. The average molecular weight is 290 g/mol. The van der Waals surface area contributed by atoms with Gasteiger partial charge in [0.2, 0.25) is 0 Å². The molecule has 1 aliphatic rings. The number of halogens is 1. The lowest BCUT2D eigenvalue weighted by molar-refractivity contribution is -0.0563. The molecule has 1 saturated heterocycles. The molecule has 0 saturated carbocycles. The third-order valence-corrected chi connectivity index (χ3v) is 6.89. The zero-order valence-corrected chi connectivity index (χ0v) is 14.3. The lowest BCUT2D eigenvalue weighted by Crippen LogP contribution is -2.85. The molecule has 2 rings (SSSR count). The quantitative estimate of drug-likeness (QED) is 0.577. The van der Waals surface area contributed by atoms with Crippen LogP contribution in [-0.4, -0.2) is 36.2 Å². The van der Waals surface area contributed by atoms with Crippen molar-refractivity contribution < 1.29 is 4.11 Å². The van der Waals surface area contributed by atoms with E-state index in [1.807, 2.05) is 81.0 Å². The molecule has 0 N–H and O–H groups in total. The minimum absolute atomic E-state index is 0.0853. The first-order chi connectivity index (χ1) is 8.97. The summed E-state index contributed by atoms with van der Waals surface area (Å²) < 4.78 is 19.0. The zero-order valence-electron chi connectivity index (χ0n) is 13.3. The molecule has 1 fully saturated rings. The Kier molecular flexibility index (Phi) is 3.68. The van der Waals surface area contributed by atoms with E-state index in [2.05, 4.69) is 0 Å². The molecule has 5 heteroatoms. The minimum atomic E-state index is -3.56. The summed E-state index contributed by atoms with van der Waals surface area (Å²) in [5.41, 5.74) is 0.513. The maximum Gasteiger partial charge on any atom is 0.344 e. The van der Waals surface area contributed by atoms with E-state index in [9.17, 15) is 0 Å². The molecule has 108 valence electrons. The van der Waals surface area contributed by atoms with Gasteiger partial charge in [0.1, 0.15) is 7.44 Å². The van der Waals surface area contributed by atoms with E-state index in [4.69, 9.17) is 7.44 Å². The molecular weight excluding hydrogens is 266 g/mol. The van der Waals surface area contributed by atoms with Gasteiger partial charge in [-0.25, -0.2) is 0 Å². The molecule has 0 atom stereocenters. The van der Waals surface area contributed by atoms with Gasteiger partial charge in [0.25, 0.3) is 0 Å². The number of rotatable bonds is 1. The van der Waals surface area contributed by atoms with Crippen molar-refractivity contribution in [1.29, 1.82) is 0 Å². The van der Waals surface area contributed by atoms with Crippen LogP contribution in [-0.2, 0) is 0 Å². The van der Waals surface area contributed by atoms with E-state index in [-0.39, 0.29) is 17.2 Å². The van der Waals surface area contributed by atoms with Crippen LogP contribution in [0.4, 0.5) is 4.11 Å². The van der Waals surface area contributed by atoms with Gasteiger partial charge < -0.3 is 0 Å². The van der Waals surface area contributed by atoms with Gasteiger partial charge in [-0.15, -0.1) is 0 Å². The Morgan fingerprint density at radius 1 is 0.950 bits per heavy atom. The van der Waals surface area contributed by atoms with Gasteiger partial charge in [0.15, 0.2) is 0 Å². The molecule has 20 heavy (non-hydrogen) atoms. The van der Waals surface area contributed by atoms with Gasteiger partial charge in [-0.05, 0) is 47.1 Å². The number of hydrogen-bond donors (Lipinski definition) is 0. The Bertz CT molecular complexity index is 455. The van der Waals surface area contributed by atoms with Crippen LogP contribution in [0, 0.1) is 0 Å². The lowest BCUT2D eigenvalue weighted by Gasteiger charge is -2.68. The summed E-state index contributed by atoms with van der Waals surface area (Å²) in [7, 11) is 2.57. The highest BCUT2D eigenvalue weighted by molar-refractivity contribution is 7.11. The van der Waals surface area contributed by atoms with Gasteiger partial charge in [0.05, 0.1) is 6.17 Å². The molecular formula is C15H24BFN2Si. The molecule has 0 aliphatic carbocycles. The Hall–Kier alpha value is -0.648. The first kappa shape index (κ1) is 15.7. The van der Waals surface area contributed by atoms with Crippen molar-refractivity contribution >= 4 is 16.0 Å². The first-order valence-electron chi connectivity index (χ1n) is 7.09. The van der Waals surface area contributed by atoms with E-state index in [0.717, 1.165) is 5.56 Å². The second kappa shape index (κ2) is 4.68. The molecule has 1 aliphatic heterocycles. The van der Waals surface area contributed by atoms with E-state index in [0.29, 0.717) is 0 Å². The maximum atomic E-state index is 15.2. The van der Waals surface area contributed by atoms with Gasteiger partial charge in [-0.1, -0.05) is 30.3 Å². The van der Waals surface area contributed by atoms with Crippen LogP contribution in [0.5, 0.6) is 0 Å². The normalized spacial score (nSPS) is 29.2. The summed E-state index contributed by atoms with van der Waals surface area (Å²) in [6.45, 7) is 12.1. The lowest BCUT2D eigenvalue weighted by atomic mass is 10.0. The third-order valence-electron chi connectivity index (χ3n) is 3.71. The fraction of sp³-hybridized carbons (Fsp3) is 0.600. The average Bonchev–Trinajstić information content (AvgIpc) is 2.23. The largest absolute Gasteiger partial charge is 0.344 e. The number of hydrogen-bond acceptors (Lipinski definition) is 2. The van der Waals surface area contributed by atoms with E-state index in [1.165, 1.54) is 0 Å². The molecule has 2 nitrogen and oxygen atoms in total. The van der Waals surface area contributed by atoms with Gasteiger partial charge >= 0.3 is 8.60 Å². The van der Waals surface area contributed by atoms with Crippen LogP contribution < -0.4 is 0 Å². The summed E-state index contributed by atoms with van der Waals surface area (Å²) in [4.78, 5) is 0. The van der Waals surface area contributed by atoms with Crippen LogP contribution >= 0.6 is 0 Å². The molecule has 0 bridgehead atoms. The Labute approximate surface area is 124 Å². The van der Waals surface area contributed by atoms with Crippen LogP contribution in [0.15, 0.2) is 30.3 Å². The van der Waals surface area contributed by atoms with Crippen molar-refractivity contribution in [2.24, 2.45) is 0 Å². The smallest absolute Gasteiger partial charge is 0.283 e. The topological polar surface area (TPSA) is 6.48 Å². The summed E-state index contributed by atoms with van der Waals surface area (Å²) in [6.07, 6.45) is -0.0853. The summed E-state index contributed by atoms with van der Waals surface area (Å²) in [5.74, 6) is 0. The summed E-state index contributed by atoms with van der Waals surface area (Å²) in [5, 5.41) is 0. The van der Waals surface area contributed by atoms with E-state index < -0.39 is 8.60 Å². The van der Waals surface area contributed by atoms with Gasteiger partial charge in [-0.3, -0.25) is 13.2 Å². The summed E-state index contributed by atoms with van der Waals surface area (Å²) >= 11 is 0. The van der Waals surface area contributed by atoms with Crippen molar-refractivity contribution in [2.75, 3.05) is 0 Å². The summed E-state index contributed by atoms with van der Waals surface area (Å²) in [6, 6.07) is 10.1. The standard InChI is InChI=1S/C15H24BFN2Si/c1-14(2,3)18-13(12-10-8-7-9-11-12)19(15(4,5)6)20(18,16)17/h7-11,13H,1-6H3. The highest BCUT2D eigenvalue weighted by Gasteiger charge is 2.65. The molecule has 2 radical (unpaired) electrons. The molecule has 0 aromatic heterocycles. The minimum Gasteiger partial charge on any atom is -0.283 e. The van der Waals surface area contributed by atoms with Crippen LogP contribution in [0.3, 0.4) is 0 Å². The molecule has 0 amide bonds. The molecule has 1 heterocycles. The van der Waals surface area contributed by atoms with E-state index in [1.54, 1.807) is 0 Å². The van der Waals surface area contributed by atoms with Crippen molar-refractivity contribution in [3.63, 3.8) is 0 Å². The number of benzene rings is 1. The highest BCUT2D eigenvalue weighted by Crippen LogP contribution is 2.50. The van der Waals surface area contributed by atoms with Crippen LogP contribution in [0.25, 0.3) is 0 Å². The van der Waals surface area contributed by atoms with Crippen molar-refractivity contribution in [2.45, 2.75) is 58.8 Å². The Morgan fingerprint density at radius 2 is 1.35 bits per heavy atom. The first-order valence-corrected chi connectivity index (χ1v) is 8.94. The van der Waals surface area contributed by atoms with Crippen molar-refractivity contribution in [3.05, 3.63) is 35.9 Å². The second-order valence-electron chi connectivity index (χ2n) is 7.50. The van der Waals surface area contributed by atoms with Crippen LogP contribution in [0.2, 0.25) is 0 Å². The molecule has 0 spiro atoms. The van der Waals surface area contributed by atoms with E-state index >= 15 is 4.11 Å². The Morgan fingerprint density at radius 3 is 1.70 bits per heavy atom. The molecule has 1 aromatic rings. The molecule has 1 aromatic carbocycles. The fourth-order valence-electron chi connectivity index (χ4n) is 3.12. The Balaban J connectivity index is 2.48. The second-order valence-corrected chi connectivity index (χ2v) is 9.74. The van der Waals surface area contributed by atoms with Crippen molar-refractivity contribution in [3.8, 4) is 0 Å².